The highest BCUT2D eigenvalue weighted by Crippen LogP contribution is 2.34. The van der Waals surface area contributed by atoms with E-state index in [9.17, 15) is 30.8 Å². The number of aryl methyl sites for hydroxylation is 1. The lowest BCUT2D eigenvalue weighted by Crippen LogP contribution is -2.16. The third kappa shape index (κ3) is 8.10. The normalized spacial score (nSPS) is 13.5. The van der Waals surface area contributed by atoms with E-state index in [0.29, 0.717) is 6.07 Å². The van der Waals surface area contributed by atoms with Crippen LogP contribution in [-0.4, -0.2) is 45.9 Å². The number of carbonyl (C=O) groups excluding carboxylic acids is 1. The minimum Gasteiger partial charge on any atom is -0.377 e. The van der Waals surface area contributed by atoms with Crippen LogP contribution in [0, 0.1) is 12.7 Å². The van der Waals surface area contributed by atoms with Gasteiger partial charge in [0.25, 0.3) is 15.9 Å². The van der Waals surface area contributed by atoms with Crippen molar-refractivity contribution < 1.29 is 44.8 Å². The van der Waals surface area contributed by atoms with Gasteiger partial charge in [-0.3, -0.25) is 9.52 Å². The first-order valence-corrected chi connectivity index (χ1v) is 14.4. The number of halogens is 5. The summed E-state index contributed by atoms with van der Waals surface area (Å²) in [7, 11) is -4.32. The Morgan fingerprint density at radius 1 is 0.930 bits per heavy atom. The van der Waals surface area contributed by atoms with Gasteiger partial charge in [0.1, 0.15) is 22.8 Å². The van der Waals surface area contributed by atoms with Gasteiger partial charge in [0, 0.05) is 11.4 Å². The molecule has 0 radical (unpaired) electrons. The number of nitrogens with zero attached hydrogens (tertiary/aromatic N) is 1. The number of carbonyl (C=O) groups is 1. The highest BCUT2D eigenvalue weighted by atomic mass is 35.5. The Balaban J connectivity index is 0.000000628. The van der Waals surface area contributed by atoms with Crippen molar-refractivity contribution in [1.29, 1.82) is 0 Å². The molecule has 9 nitrogen and oxygen atoms in total. The zero-order valence-corrected chi connectivity index (χ0v) is 23.9. The number of nitrogens with one attached hydrogen (secondary N) is 2. The molecule has 0 aliphatic carbocycles. The monoisotopic (exact) mass is 641 g/mol. The average molecular weight is 642 g/mol. The van der Waals surface area contributed by atoms with E-state index in [0.717, 1.165) is 50.7 Å². The number of rotatable bonds is 6. The van der Waals surface area contributed by atoms with Crippen LogP contribution in [0.3, 0.4) is 0 Å². The molecule has 3 aromatic carbocycles. The van der Waals surface area contributed by atoms with Gasteiger partial charge >= 0.3 is 6.18 Å². The van der Waals surface area contributed by atoms with Gasteiger partial charge in [0.2, 0.25) is 0 Å². The van der Waals surface area contributed by atoms with E-state index in [-0.39, 0.29) is 43.9 Å². The summed E-state index contributed by atoms with van der Waals surface area (Å²) < 4.78 is 96.0. The van der Waals surface area contributed by atoms with Crippen molar-refractivity contribution in [2.24, 2.45) is 0 Å². The maximum absolute atomic E-state index is 14.4. The fourth-order valence-corrected chi connectivity index (χ4v) is 5.23. The summed E-state index contributed by atoms with van der Waals surface area (Å²) in [6.07, 6.45) is -4.66. The molecule has 0 atom stereocenters. The minimum atomic E-state index is -4.66. The summed E-state index contributed by atoms with van der Waals surface area (Å²) in [6.45, 7) is 4.54. The molecule has 43 heavy (non-hydrogen) atoms. The number of sulfonamides is 1. The van der Waals surface area contributed by atoms with Crippen LogP contribution in [0.15, 0.2) is 76.1 Å². The van der Waals surface area contributed by atoms with Gasteiger partial charge in [-0.2, -0.15) is 13.2 Å². The van der Waals surface area contributed by atoms with Gasteiger partial charge in [-0.05, 0) is 55.5 Å². The fourth-order valence-electron chi connectivity index (χ4n) is 3.88. The Bertz CT molecular complexity index is 1680. The summed E-state index contributed by atoms with van der Waals surface area (Å²) in [5.41, 5.74) is -1.70. The first kappa shape index (κ1) is 31.9. The van der Waals surface area contributed by atoms with Gasteiger partial charge in [-0.15, -0.1) is 0 Å². The van der Waals surface area contributed by atoms with Gasteiger partial charge in [0.05, 0.1) is 47.5 Å². The SMILES string of the molecule is C1COCCO1.Cc1onc(-c2c(F)cccc2Cl)c1C(=O)Nc1cccc(S(=O)(=O)Nc2cccc(C(F)(F)F)c2)c1. The maximum Gasteiger partial charge on any atom is 0.416 e. The molecule has 0 spiro atoms. The maximum atomic E-state index is 14.4. The molecular formula is C28H24ClF4N3O6S. The number of aromatic nitrogens is 1. The number of benzene rings is 3. The van der Waals surface area contributed by atoms with Crippen molar-refractivity contribution in [2.75, 3.05) is 36.5 Å². The molecule has 1 fully saturated rings. The number of hydrogen-bond acceptors (Lipinski definition) is 7. The lowest BCUT2D eigenvalue weighted by atomic mass is 10.0. The van der Waals surface area contributed by atoms with E-state index >= 15 is 0 Å². The second kappa shape index (κ2) is 13.5. The molecule has 0 saturated carbocycles. The van der Waals surface area contributed by atoms with Gasteiger partial charge in [-0.1, -0.05) is 35.0 Å². The smallest absolute Gasteiger partial charge is 0.377 e. The topological polar surface area (TPSA) is 120 Å². The molecule has 15 heteroatoms. The third-order valence-electron chi connectivity index (χ3n) is 5.88. The van der Waals surface area contributed by atoms with Crippen LogP contribution in [0.5, 0.6) is 0 Å². The Morgan fingerprint density at radius 2 is 1.56 bits per heavy atom. The van der Waals surface area contributed by atoms with E-state index in [1.54, 1.807) is 0 Å². The molecule has 228 valence electrons. The molecule has 2 heterocycles. The second-order valence-corrected chi connectivity index (χ2v) is 11.0. The molecule has 0 unspecified atom stereocenters. The Kier molecular flexibility index (Phi) is 10.1. The number of amides is 1. The number of hydrogen-bond donors (Lipinski definition) is 2. The molecule has 1 amide bonds. The molecule has 0 bridgehead atoms. The number of ether oxygens (including phenoxy) is 2. The van der Waals surface area contributed by atoms with Crippen LogP contribution in [0.2, 0.25) is 5.02 Å². The third-order valence-corrected chi connectivity index (χ3v) is 7.57. The minimum absolute atomic E-state index is 0.00360. The largest absolute Gasteiger partial charge is 0.416 e. The molecular weight excluding hydrogens is 618 g/mol. The van der Waals surface area contributed by atoms with Gasteiger partial charge < -0.3 is 19.3 Å². The van der Waals surface area contributed by atoms with Crippen molar-refractivity contribution in [3.05, 3.63) is 94.5 Å². The van der Waals surface area contributed by atoms with E-state index in [1.165, 1.54) is 43.3 Å². The standard InChI is InChI=1S/C24H16ClF4N3O4S.C4H8O2/c1-13-20(22(31-36-13)21-18(25)9-4-10-19(21)26)23(33)30-15-6-3-8-17(12-15)37(34,35)32-16-7-2-5-14(11-16)24(27,28)29;1-2-6-4-3-5-1/h2-12,32H,1H3,(H,30,33);1-4H2. The quantitative estimate of drug-likeness (QED) is 0.229. The predicted molar refractivity (Wildman–Crippen MR) is 150 cm³/mol. The van der Waals surface area contributed by atoms with E-state index < -0.39 is 33.5 Å². The van der Waals surface area contributed by atoms with Crippen LogP contribution < -0.4 is 10.0 Å². The van der Waals surface area contributed by atoms with Crippen LogP contribution in [0.1, 0.15) is 21.7 Å². The first-order valence-electron chi connectivity index (χ1n) is 12.5. The van der Waals surface area contributed by atoms with E-state index in [1.807, 2.05) is 0 Å². The molecule has 1 aliphatic rings. The number of anilines is 2. The van der Waals surface area contributed by atoms with Crippen molar-refractivity contribution >= 4 is 38.9 Å². The van der Waals surface area contributed by atoms with Crippen LogP contribution >= 0.6 is 11.6 Å². The van der Waals surface area contributed by atoms with Crippen LogP contribution in [0.25, 0.3) is 11.3 Å². The molecule has 1 saturated heterocycles. The molecule has 1 aliphatic heterocycles. The Morgan fingerprint density at radius 3 is 2.19 bits per heavy atom. The zero-order chi connectivity index (χ0) is 31.2. The molecule has 5 rings (SSSR count). The van der Waals surface area contributed by atoms with Gasteiger partial charge in [0.15, 0.2) is 0 Å². The summed E-state index contributed by atoms with van der Waals surface area (Å²) in [5, 5.41) is 6.24. The average Bonchev–Trinajstić information content (AvgIpc) is 3.34. The lowest BCUT2D eigenvalue weighted by Gasteiger charge is -2.12. The highest BCUT2D eigenvalue weighted by molar-refractivity contribution is 7.92. The van der Waals surface area contributed by atoms with Crippen molar-refractivity contribution in [1.82, 2.24) is 5.16 Å². The predicted octanol–water partition coefficient (Wildman–Crippen LogP) is 6.55. The van der Waals surface area contributed by atoms with E-state index in [4.69, 9.17) is 25.6 Å². The van der Waals surface area contributed by atoms with Crippen LogP contribution in [0.4, 0.5) is 28.9 Å². The first-order chi connectivity index (χ1) is 20.4. The molecule has 1 aromatic heterocycles. The summed E-state index contributed by atoms with van der Waals surface area (Å²) in [5.74, 6) is -1.46. The summed E-state index contributed by atoms with van der Waals surface area (Å²) in [4.78, 5) is 12.7. The molecule has 4 aromatic rings. The fraction of sp³-hybridized carbons (Fsp3) is 0.214. The van der Waals surface area contributed by atoms with Crippen molar-refractivity contribution in [3.8, 4) is 11.3 Å². The Hall–Kier alpha value is -3.98. The van der Waals surface area contributed by atoms with Crippen molar-refractivity contribution in [2.45, 2.75) is 18.0 Å². The van der Waals surface area contributed by atoms with Gasteiger partial charge in [-0.25, -0.2) is 12.8 Å². The molecule has 2 N–H and O–H groups in total. The zero-order valence-electron chi connectivity index (χ0n) is 22.4. The summed E-state index contributed by atoms with van der Waals surface area (Å²) in [6, 6.07) is 12.7. The summed E-state index contributed by atoms with van der Waals surface area (Å²) >= 11 is 6.09. The lowest BCUT2D eigenvalue weighted by molar-refractivity contribution is -0.137. The highest BCUT2D eigenvalue weighted by Gasteiger charge is 2.31. The van der Waals surface area contributed by atoms with E-state index in [2.05, 4.69) is 15.2 Å². The Labute approximate surface area is 248 Å². The van der Waals surface area contributed by atoms with Crippen molar-refractivity contribution in [3.63, 3.8) is 0 Å². The second-order valence-electron chi connectivity index (χ2n) is 8.95. The number of alkyl halides is 3. The van der Waals surface area contributed by atoms with Crippen LogP contribution in [-0.2, 0) is 25.7 Å².